The number of alkyl halides is 3. The first kappa shape index (κ1) is 36.1. The topological polar surface area (TPSA) is 120 Å². The molecule has 2 aromatic heterocycles. The smallest absolute Gasteiger partial charge is 0.416 e. The number of aromatic nitrogens is 2. The number of rotatable bonds is 8. The Morgan fingerprint density at radius 1 is 0.917 bits per heavy atom. The van der Waals surface area contributed by atoms with E-state index < -0.39 is 47.1 Å². The van der Waals surface area contributed by atoms with Crippen LogP contribution in [-0.2, 0) is 26.8 Å². The molecule has 0 saturated carbocycles. The number of nitrogens with one attached hydrogen (secondary N) is 1. The average Bonchev–Trinajstić information content (AvgIpc) is 3.42. The van der Waals surface area contributed by atoms with Gasteiger partial charge in [0.15, 0.2) is 10.8 Å². The van der Waals surface area contributed by atoms with E-state index >= 15 is 0 Å². The number of halogens is 3. The van der Waals surface area contributed by atoms with E-state index in [0.29, 0.717) is 16.0 Å². The molecule has 0 saturated heterocycles. The molecule has 10 nitrogen and oxygen atoms in total. The highest BCUT2D eigenvalue weighted by Gasteiger charge is 2.33. The maximum atomic E-state index is 13.8. The van der Waals surface area contributed by atoms with Gasteiger partial charge in [-0.25, -0.2) is 19.4 Å². The van der Waals surface area contributed by atoms with Crippen molar-refractivity contribution in [2.45, 2.75) is 71.4 Å². The van der Waals surface area contributed by atoms with Crippen LogP contribution in [0.2, 0.25) is 0 Å². The van der Waals surface area contributed by atoms with Crippen LogP contribution in [-0.4, -0.2) is 59.0 Å². The minimum absolute atomic E-state index is 0.0114. The van der Waals surface area contributed by atoms with Gasteiger partial charge in [0.1, 0.15) is 11.2 Å². The van der Waals surface area contributed by atoms with Crippen LogP contribution in [0, 0.1) is 0 Å². The molecule has 256 valence electrons. The Labute approximate surface area is 280 Å². The molecule has 1 N–H and O–H groups in total. The van der Waals surface area contributed by atoms with Crippen molar-refractivity contribution in [3.05, 3.63) is 77.7 Å². The SMILES string of the molecule is COC(=O)c1nc(N(C[C@@H](Cc2ccc(C(F)(F)F)cc2)NC(=O)OC(C)(C)C)C(=O)OC(C)(C)C)sc1-c1ccc2cnccc2c1. The Morgan fingerprint density at radius 3 is 2.19 bits per heavy atom. The lowest BCUT2D eigenvalue weighted by atomic mass is 10.0. The summed E-state index contributed by atoms with van der Waals surface area (Å²) in [5, 5.41) is 4.54. The number of hydrogen-bond donors (Lipinski definition) is 1. The molecule has 0 radical (unpaired) electrons. The van der Waals surface area contributed by atoms with Crippen LogP contribution in [0.3, 0.4) is 0 Å². The van der Waals surface area contributed by atoms with Crippen LogP contribution in [0.5, 0.6) is 0 Å². The van der Waals surface area contributed by atoms with E-state index in [4.69, 9.17) is 14.2 Å². The summed E-state index contributed by atoms with van der Waals surface area (Å²) in [6, 6.07) is 10.9. The number of thiazole rings is 1. The van der Waals surface area contributed by atoms with Crippen LogP contribution in [0.25, 0.3) is 21.2 Å². The molecule has 0 bridgehead atoms. The van der Waals surface area contributed by atoms with E-state index in [-0.39, 0.29) is 23.8 Å². The molecule has 4 rings (SSSR count). The van der Waals surface area contributed by atoms with E-state index in [9.17, 15) is 27.6 Å². The quantitative estimate of drug-likeness (QED) is 0.146. The Kier molecular flexibility index (Phi) is 10.7. The lowest BCUT2D eigenvalue weighted by molar-refractivity contribution is -0.137. The minimum Gasteiger partial charge on any atom is -0.464 e. The summed E-state index contributed by atoms with van der Waals surface area (Å²) in [7, 11) is 1.22. The number of pyridine rings is 1. The van der Waals surface area contributed by atoms with Crippen molar-refractivity contribution < 1.29 is 41.8 Å². The predicted octanol–water partition coefficient (Wildman–Crippen LogP) is 8.04. The second-order valence-electron chi connectivity index (χ2n) is 12.9. The highest BCUT2D eigenvalue weighted by molar-refractivity contribution is 7.19. The van der Waals surface area contributed by atoms with Gasteiger partial charge in [0.05, 0.1) is 30.1 Å². The van der Waals surface area contributed by atoms with E-state index in [0.717, 1.165) is 34.2 Å². The van der Waals surface area contributed by atoms with Gasteiger partial charge in [-0.2, -0.15) is 13.2 Å². The number of hydrogen-bond acceptors (Lipinski definition) is 9. The first-order chi connectivity index (χ1) is 22.3. The first-order valence-electron chi connectivity index (χ1n) is 14.9. The van der Waals surface area contributed by atoms with Gasteiger partial charge in [0.2, 0.25) is 0 Å². The van der Waals surface area contributed by atoms with Crippen LogP contribution in [0.1, 0.15) is 63.2 Å². The number of esters is 1. The number of nitrogens with zero attached hydrogens (tertiary/aromatic N) is 3. The van der Waals surface area contributed by atoms with Gasteiger partial charge in [-0.05, 0) is 88.7 Å². The highest BCUT2D eigenvalue weighted by Crippen LogP contribution is 2.37. The lowest BCUT2D eigenvalue weighted by Crippen LogP contribution is -2.49. The Bertz CT molecular complexity index is 1780. The van der Waals surface area contributed by atoms with E-state index in [1.165, 1.54) is 24.1 Å². The molecule has 0 aliphatic rings. The molecule has 0 aliphatic heterocycles. The van der Waals surface area contributed by atoms with Gasteiger partial charge in [0, 0.05) is 17.8 Å². The Morgan fingerprint density at radius 2 is 1.58 bits per heavy atom. The summed E-state index contributed by atoms with van der Waals surface area (Å²) in [6.07, 6.45) is -2.79. The predicted molar refractivity (Wildman–Crippen MR) is 176 cm³/mol. The van der Waals surface area contributed by atoms with Gasteiger partial charge < -0.3 is 19.5 Å². The minimum atomic E-state index is -4.53. The molecule has 4 aromatic rings. The molecule has 48 heavy (non-hydrogen) atoms. The number of methoxy groups -OCH3 is 1. The fourth-order valence-corrected chi connectivity index (χ4v) is 5.65. The van der Waals surface area contributed by atoms with Crippen molar-refractivity contribution in [3.63, 3.8) is 0 Å². The zero-order valence-corrected chi connectivity index (χ0v) is 28.4. The third kappa shape index (κ3) is 9.66. The fraction of sp³-hybridized carbons (Fsp3) is 0.382. The van der Waals surface area contributed by atoms with Crippen LogP contribution >= 0.6 is 11.3 Å². The maximum Gasteiger partial charge on any atom is 0.416 e. The standard InChI is InChI=1S/C34H37F3N4O6S/c1-32(2,3)46-30(43)39-25(16-20-8-12-24(13-9-20)34(35,36)37)19-41(31(44)47-33(4,5)6)29-40-26(28(42)45-7)27(48-29)22-10-11-23-18-38-15-14-21(23)17-22/h8-15,17-18,25H,16,19H2,1-7H3,(H,39,43)/t25-/m1/s1. The molecule has 2 heterocycles. The zero-order valence-electron chi connectivity index (χ0n) is 27.6. The Hall–Kier alpha value is -4.72. The van der Waals surface area contributed by atoms with Crippen LogP contribution in [0.15, 0.2) is 60.9 Å². The number of fused-ring (bicyclic) bond motifs is 1. The number of benzene rings is 2. The number of alkyl carbamates (subject to hydrolysis) is 1. The van der Waals surface area contributed by atoms with E-state index in [1.807, 2.05) is 18.2 Å². The summed E-state index contributed by atoms with van der Waals surface area (Å²) in [4.78, 5) is 49.9. The first-order valence-corrected chi connectivity index (χ1v) is 15.7. The van der Waals surface area contributed by atoms with Gasteiger partial charge in [-0.3, -0.25) is 9.88 Å². The largest absolute Gasteiger partial charge is 0.464 e. The number of carbonyl (C=O) groups excluding carboxylic acids is 3. The van der Waals surface area contributed by atoms with Gasteiger partial charge in [-0.1, -0.05) is 35.6 Å². The summed E-state index contributed by atoms with van der Waals surface area (Å²) in [5.41, 5.74) is -1.57. The number of carbonyl (C=O) groups is 3. The third-order valence-electron chi connectivity index (χ3n) is 6.63. The summed E-state index contributed by atoms with van der Waals surface area (Å²) in [5.74, 6) is -0.736. The van der Waals surface area contributed by atoms with Crippen molar-refractivity contribution in [2.75, 3.05) is 18.6 Å². The molecule has 0 fully saturated rings. The average molecular weight is 687 g/mol. The molecule has 2 aromatic carbocycles. The molecule has 0 unspecified atom stereocenters. The lowest BCUT2D eigenvalue weighted by Gasteiger charge is -2.30. The summed E-state index contributed by atoms with van der Waals surface area (Å²) >= 11 is 1.04. The summed E-state index contributed by atoms with van der Waals surface area (Å²) in [6.45, 7) is 9.83. The fourth-order valence-electron chi connectivity index (χ4n) is 4.60. The number of amides is 2. The number of anilines is 1. The van der Waals surface area contributed by atoms with Crippen molar-refractivity contribution in [1.82, 2.24) is 15.3 Å². The third-order valence-corrected chi connectivity index (χ3v) is 7.76. The zero-order chi connectivity index (χ0) is 35.4. The molecule has 0 aliphatic carbocycles. The van der Waals surface area contributed by atoms with Crippen molar-refractivity contribution in [2.24, 2.45) is 0 Å². The van der Waals surface area contributed by atoms with Gasteiger partial charge in [0.25, 0.3) is 0 Å². The second-order valence-corrected chi connectivity index (χ2v) is 13.9. The number of ether oxygens (including phenoxy) is 3. The van der Waals surface area contributed by atoms with Crippen LogP contribution < -0.4 is 10.2 Å². The second kappa shape index (κ2) is 14.2. The normalized spacial score (nSPS) is 12.7. The van der Waals surface area contributed by atoms with Gasteiger partial charge >= 0.3 is 24.3 Å². The van der Waals surface area contributed by atoms with Crippen molar-refractivity contribution >= 4 is 45.4 Å². The van der Waals surface area contributed by atoms with Crippen LogP contribution in [0.4, 0.5) is 27.9 Å². The molecule has 1 atom stereocenters. The molecular formula is C34H37F3N4O6S. The molecular weight excluding hydrogens is 649 g/mol. The molecule has 2 amide bonds. The monoisotopic (exact) mass is 686 g/mol. The maximum absolute atomic E-state index is 13.8. The molecule has 0 spiro atoms. The summed E-state index contributed by atoms with van der Waals surface area (Å²) < 4.78 is 55.9. The van der Waals surface area contributed by atoms with E-state index in [2.05, 4.69) is 15.3 Å². The highest BCUT2D eigenvalue weighted by atomic mass is 32.1. The molecule has 14 heteroatoms. The van der Waals surface area contributed by atoms with Gasteiger partial charge in [-0.15, -0.1) is 0 Å². The Balaban J connectivity index is 1.78. The van der Waals surface area contributed by atoms with Crippen molar-refractivity contribution in [1.29, 1.82) is 0 Å². The van der Waals surface area contributed by atoms with E-state index in [1.54, 1.807) is 60.0 Å². The van der Waals surface area contributed by atoms with Crippen molar-refractivity contribution in [3.8, 4) is 10.4 Å².